The Morgan fingerprint density at radius 2 is 2.29 bits per heavy atom. The number of nitriles is 1. The molecule has 0 unspecified atom stereocenters. The molecule has 0 amide bonds. The Balaban J connectivity index is 2.12. The topological polar surface area (TPSA) is 69.5 Å². The zero-order chi connectivity index (χ0) is 15.0. The number of benzene rings is 1. The van der Waals surface area contributed by atoms with Crippen molar-refractivity contribution in [3.05, 3.63) is 50.7 Å². The van der Waals surface area contributed by atoms with Crippen LogP contribution in [0.25, 0.3) is 11.4 Å². The molecule has 21 heavy (non-hydrogen) atoms. The maximum Gasteiger partial charge on any atom is 0.272 e. The van der Waals surface area contributed by atoms with Gasteiger partial charge in [0.2, 0.25) is 0 Å². The molecular formula is C14H10BClFN3O. The summed E-state index contributed by atoms with van der Waals surface area (Å²) in [7, 11) is 0. The Morgan fingerprint density at radius 1 is 1.48 bits per heavy atom. The first-order chi connectivity index (χ1) is 10.1. The van der Waals surface area contributed by atoms with Crippen LogP contribution in [-0.2, 0) is 12.7 Å². The lowest BCUT2D eigenvalue weighted by Crippen LogP contribution is -2.30. The summed E-state index contributed by atoms with van der Waals surface area (Å²) in [5.41, 5.74) is 1.03. The number of nitrogens with zero attached hydrogens (tertiary/aromatic N) is 2. The molecule has 7 heteroatoms. The van der Waals surface area contributed by atoms with Gasteiger partial charge in [-0.2, -0.15) is 0 Å². The van der Waals surface area contributed by atoms with Crippen molar-refractivity contribution in [1.29, 1.82) is 5.26 Å². The molecule has 0 fully saturated rings. The van der Waals surface area contributed by atoms with Crippen molar-refractivity contribution in [2.24, 2.45) is 0 Å². The molecular weight excluding hydrogens is 291 g/mol. The van der Waals surface area contributed by atoms with Gasteiger partial charge in [0, 0.05) is 16.6 Å². The van der Waals surface area contributed by atoms with Gasteiger partial charge in [0.25, 0.3) is 12.3 Å². The highest BCUT2D eigenvalue weighted by atomic mass is 35.5. The predicted molar refractivity (Wildman–Crippen MR) is 78.8 cm³/mol. The third kappa shape index (κ3) is 2.57. The summed E-state index contributed by atoms with van der Waals surface area (Å²) in [6.45, 7) is -0.158. The zero-order valence-corrected chi connectivity index (χ0v) is 11.7. The summed E-state index contributed by atoms with van der Waals surface area (Å²) in [5.74, 6) is 1.86. The van der Waals surface area contributed by atoms with E-state index in [4.69, 9.17) is 16.9 Å². The number of H-pyrrole nitrogens is 1. The van der Waals surface area contributed by atoms with Crippen molar-refractivity contribution < 1.29 is 4.39 Å². The molecule has 0 radical (unpaired) electrons. The van der Waals surface area contributed by atoms with E-state index in [1.165, 1.54) is 18.2 Å². The van der Waals surface area contributed by atoms with Gasteiger partial charge < -0.3 is 4.98 Å². The van der Waals surface area contributed by atoms with Crippen molar-refractivity contribution in [1.82, 2.24) is 9.97 Å². The second kappa shape index (κ2) is 5.34. The van der Waals surface area contributed by atoms with Gasteiger partial charge in [-0.05, 0) is 30.9 Å². The average Bonchev–Trinajstić information content (AvgIpc) is 2.49. The molecule has 3 rings (SSSR count). The van der Waals surface area contributed by atoms with Crippen LogP contribution in [0.5, 0.6) is 0 Å². The Labute approximate surface area is 125 Å². The maximum atomic E-state index is 13.9. The summed E-state index contributed by atoms with van der Waals surface area (Å²) in [5, 5.41) is 9.33. The first kappa shape index (κ1) is 13.8. The second-order valence-corrected chi connectivity index (χ2v) is 5.47. The van der Waals surface area contributed by atoms with Gasteiger partial charge in [-0.25, -0.2) is 14.6 Å². The van der Waals surface area contributed by atoms with Crippen LogP contribution in [0.2, 0.25) is 11.3 Å². The number of halogens is 2. The molecule has 1 aliphatic rings. The van der Waals surface area contributed by atoms with Gasteiger partial charge in [0.05, 0.1) is 11.3 Å². The van der Waals surface area contributed by atoms with Crippen molar-refractivity contribution >= 4 is 18.3 Å². The fourth-order valence-corrected chi connectivity index (χ4v) is 2.71. The highest BCUT2D eigenvalue weighted by Gasteiger charge is 2.26. The molecule has 0 bridgehead atoms. The lowest BCUT2D eigenvalue weighted by Gasteiger charge is -2.16. The van der Waals surface area contributed by atoms with Crippen LogP contribution in [0.1, 0.15) is 11.3 Å². The van der Waals surface area contributed by atoms with E-state index in [1.54, 1.807) is 0 Å². The molecule has 1 aliphatic heterocycles. The van der Waals surface area contributed by atoms with Crippen molar-refractivity contribution in [2.75, 3.05) is 0 Å². The quantitative estimate of drug-likeness (QED) is 0.822. The molecule has 0 spiro atoms. The van der Waals surface area contributed by atoms with Crippen molar-refractivity contribution in [2.45, 2.75) is 19.1 Å². The van der Waals surface area contributed by atoms with Gasteiger partial charge in [-0.15, -0.1) is 0 Å². The van der Waals surface area contributed by atoms with Crippen LogP contribution in [0.4, 0.5) is 4.39 Å². The fourth-order valence-electron chi connectivity index (χ4n) is 2.54. The van der Waals surface area contributed by atoms with Crippen LogP contribution in [-0.4, -0.2) is 16.7 Å². The third-order valence-electron chi connectivity index (χ3n) is 3.65. The SMILES string of the molecule is N#CB1CCc2nc(-c3cc(Cl)ccc3F)[nH]c(=O)c2C1. The maximum absolute atomic E-state index is 13.9. The van der Waals surface area contributed by atoms with E-state index in [0.29, 0.717) is 35.3 Å². The Bertz CT molecular complexity index is 815. The summed E-state index contributed by atoms with van der Waals surface area (Å²) in [6.07, 6.45) is 1.61. The van der Waals surface area contributed by atoms with E-state index >= 15 is 0 Å². The van der Waals surface area contributed by atoms with Crippen LogP contribution in [0, 0.1) is 17.0 Å². The van der Waals surface area contributed by atoms with Crippen LogP contribution in [0.15, 0.2) is 23.0 Å². The first-order valence-corrected chi connectivity index (χ1v) is 6.93. The molecule has 0 saturated heterocycles. The number of nitrogens with one attached hydrogen (secondary N) is 1. The molecule has 0 aliphatic carbocycles. The number of aromatic nitrogens is 2. The van der Waals surface area contributed by atoms with E-state index < -0.39 is 5.82 Å². The highest BCUT2D eigenvalue weighted by molar-refractivity contribution is 6.66. The summed E-state index contributed by atoms with van der Waals surface area (Å²) >= 11 is 5.87. The fraction of sp³-hybridized carbons (Fsp3) is 0.214. The molecule has 104 valence electrons. The molecule has 2 heterocycles. The average molecular weight is 302 g/mol. The number of hydrogen-bond donors (Lipinski definition) is 1. The summed E-state index contributed by atoms with van der Waals surface area (Å²) in [6, 6.07) is 4.11. The van der Waals surface area contributed by atoms with E-state index in [2.05, 4.69) is 15.9 Å². The van der Waals surface area contributed by atoms with E-state index in [-0.39, 0.29) is 23.7 Å². The van der Waals surface area contributed by atoms with Gasteiger partial charge >= 0.3 is 0 Å². The molecule has 1 N–H and O–H groups in total. The molecule has 4 nitrogen and oxygen atoms in total. The van der Waals surface area contributed by atoms with Crippen LogP contribution in [0.3, 0.4) is 0 Å². The Hall–Kier alpha value is -2.13. The van der Waals surface area contributed by atoms with Crippen molar-refractivity contribution in [3.63, 3.8) is 0 Å². The largest absolute Gasteiger partial charge is 0.306 e. The molecule has 1 aromatic carbocycles. The third-order valence-corrected chi connectivity index (χ3v) is 3.88. The lowest BCUT2D eigenvalue weighted by atomic mass is 9.42. The number of aryl methyl sites for hydroxylation is 1. The van der Waals surface area contributed by atoms with E-state index in [0.717, 1.165) is 0 Å². The zero-order valence-electron chi connectivity index (χ0n) is 11.0. The lowest BCUT2D eigenvalue weighted by molar-refractivity contribution is 0.629. The Morgan fingerprint density at radius 3 is 3.05 bits per heavy atom. The predicted octanol–water partition coefficient (Wildman–Crippen LogP) is 2.42. The van der Waals surface area contributed by atoms with Gasteiger partial charge in [0.15, 0.2) is 0 Å². The minimum atomic E-state index is -0.492. The first-order valence-electron chi connectivity index (χ1n) is 6.55. The van der Waals surface area contributed by atoms with Gasteiger partial charge in [-0.3, -0.25) is 4.79 Å². The number of aromatic amines is 1. The van der Waals surface area contributed by atoms with Gasteiger partial charge in [0.1, 0.15) is 11.6 Å². The molecule has 1 aromatic heterocycles. The minimum Gasteiger partial charge on any atom is -0.306 e. The standard InChI is InChI=1S/C14H10BClFN3O/c16-8-1-2-11(17)9(5-8)13-19-12-3-4-15(7-18)6-10(12)14(21)20-13/h1-2,5H,3-4,6H2,(H,19,20,21). The summed E-state index contributed by atoms with van der Waals surface area (Å²) < 4.78 is 13.9. The number of rotatable bonds is 1. The minimum absolute atomic E-state index is 0.158. The normalized spacial score (nSPS) is 13.7. The van der Waals surface area contributed by atoms with Crippen LogP contribution < -0.4 is 5.56 Å². The smallest absolute Gasteiger partial charge is 0.272 e. The number of hydrogen-bond acceptors (Lipinski definition) is 3. The molecule has 0 saturated carbocycles. The monoisotopic (exact) mass is 301 g/mol. The Kier molecular flexibility index (Phi) is 3.52. The van der Waals surface area contributed by atoms with Crippen molar-refractivity contribution in [3.8, 4) is 17.4 Å². The summed E-state index contributed by atoms with van der Waals surface area (Å²) in [4.78, 5) is 19.1. The highest BCUT2D eigenvalue weighted by Crippen LogP contribution is 2.24. The molecule has 2 aromatic rings. The second-order valence-electron chi connectivity index (χ2n) is 5.03. The van der Waals surface area contributed by atoms with Gasteiger partial charge in [-0.1, -0.05) is 17.9 Å². The number of fused-ring (bicyclic) bond motifs is 1. The van der Waals surface area contributed by atoms with E-state index in [1.807, 2.05) is 0 Å². The van der Waals surface area contributed by atoms with E-state index in [9.17, 15) is 9.18 Å². The molecule has 0 atom stereocenters. The van der Waals surface area contributed by atoms with Crippen LogP contribution >= 0.6 is 11.6 Å².